The molecule has 0 aromatic carbocycles. The van der Waals surface area contributed by atoms with Crippen LogP contribution >= 0.6 is 12.2 Å². The van der Waals surface area contributed by atoms with Gasteiger partial charge in [-0.25, -0.2) is 0 Å². The molecule has 1 aromatic heterocycles. The third-order valence-electron chi connectivity index (χ3n) is 3.53. The number of fused-ring (bicyclic) bond motifs is 2. The van der Waals surface area contributed by atoms with Gasteiger partial charge in [-0.1, -0.05) is 12.2 Å². The Morgan fingerprint density at radius 2 is 2.41 bits per heavy atom. The molecular formula is C12H15N3OS. The van der Waals surface area contributed by atoms with E-state index in [0.717, 1.165) is 24.1 Å². The lowest BCUT2D eigenvalue weighted by Crippen LogP contribution is -2.31. The molecule has 0 spiro atoms. The summed E-state index contributed by atoms with van der Waals surface area (Å²) < 4.78 is 5.81. The molecule has 2 bridgehead atoms. The van der Waals surface area contributed by atoms with Gasteiger partial charge in [0.1, 0.15) is 4.99 Å². The van der Waals surface area contributed by atoms with Crippen LogP contribution in [0.1, 0.15) is 24.8 Å². The van der Waals surface area contributed by atoms with E-state index in [0.29, 0.717) is 23.2 Å². The predicted octanol–water partition coefficient (Wildman–Crippen LogP) is 1.45. The fourth-order valence-corrected chi connectivity index (χ4v) is 2.89. The molecule has 3 unspecified atom stereocenters. The molecule has 3 heterocycles. The lowest BCUT2D eigenvalue weighted by molar-refractivity contribution is 0.102. The molecule has 0 saturated carbocycles. The summed E-state index contributed by atoms with van der Waals surface area (Å²) in [5, 5.41) is 3.47. The van der Waals surface area contributed by atoms with Crippen molar-refractivity contribution in [1.29, 1.82) is 0 Å². The number of nitrogens with two attached hydrogens (primary N) is 1. The predicted molar refractivity (Wildman–Crippen MR) is 70.0 cm³/mol. The van der Waals surface area contributed by atoms with Crippen molar-refractivity contribution in [2.45, 2.75) is 37.5 Å². The van der Waals surface area contributed by atoms with Crippen LogP contribution in [0.4, 0.5) is 5.69 Å². The van der Waals surface area contributed by atoms with Crippen LogP contribution in [0.3, 0.4) is 0 Å². The third-order valence-corrected chi connectivity index (χ3v) is 3.75. The first-order valence-electron chi connectivity index (χ1n) is 5.90. The van der Waals surface area contributed by atoms with Gasteiger partial charge in [-0.15, -0.1) is 0 Å². The van der Waals surface area contributed by atoms with Crippen LogP contribution in [0.2, 0.25) is 0 Å². The summed E-state index contributed by atoms with van der Waals surface area (Å²) in [5.74, 6) is 0. The number of thiocarbonyl (C=S) groups is 1. The molecule has 1 aromatic rings. The molecule has 2 fully saturated rings. The number of pyridine rings is 1. The quantitative estimate of drug-likeness (QED) is 0.794. The summed E-state index contributed by atoms with van der Waals surface area (Å²) >= 11 is 5.04. The summed E-state index contributed by atoms with van der Waals surface area (Å²) in [4.78, 5) is 4.52. The Hall–Kier alpha value is -1.20. The number of ether oxygens (including phenoxy) is 1. The molecular weight excluding hydrogens is 234 g/mol. The number of hydrogen-bond acceptors (Lipinski definition) is 4. The normalized spacial score (nSPS) is 30.5. The zero-order chi connectivity index (χ0) is 11.8. The van der Waals surface area contributed by atoms with Gasteiger partial charge < -0.3 is 15.8 Å². The fraction of sp³-hybridized carbons (Fsp3) is 0.500. The van der Waals surface area contributed by atoms with Crippen molar-refractivity contribution < 1.29 is 4.74 Å². The Bertz CT molecular complexity index is 451. The summed E-state index contributed by atoms with van der Waals surface area (Å²) in [5.41, 5.74) is 7.47. The molecule has 0 amide bonds. The van der Waals surface area contributed by atoms with Crippen molar-refractivity contribution in [3.05, 3.63) is 24.0 Å². The van der Waals surface area contributed by atoms with Gasteiger partial charge >= 0.3 is 0 Å². The molecule has 3 N–H and O–H groups in total. The van der Waals surface area contributed by atoms with E-state index < -0.39 is 0 Å². The van der Waals surface area contributed by atoms with Gasteiger partial charge in [-0.3, -0.25) is 4.98 Å². The van der Waals surface area contributed by atoms with Crippen molar-refractivity contribution in [2.75, 3.05) is 5.32 Å². The second-order valence-corrected chi connectivity index (χ2v) is 5.09. The molecule has 17 heavy (non-hydrogen) atoms. The van der Waals surface area contributed by atoms with Crippen molar-refractivity contribution in [1.82, 2.24) is 4.98 Å². The number of anilines is 1. The van der Waals surface area contributed by atoms with Crippen LogP contribution in [0, 0.1) is 0 Å². The minimum absolute atomic E-state index is 0.333. The smallest absolute Gasteiger partial charge is 0.106 e. The minimum Gasteiger partial charge on any atom is -0.389 e. The molecule has 2 aliphatic rings. The molecule has 0 aliphatic carbocycles. The maximum absolute atomic E-state index is 5.81. The highest BCUT2D eigenvalue weighted by atomic mass is 32.1. The standard InChI is InChI=1S/C12H15N3OS/c13-12(17)8-3-4-14-6-10(8)15-9-5-7-1-2-11(9)16-7/h3-4,6-7,9,11,15H,1-2,5H2,(H2,13,17). The van der Waals surface area contributed by atoms with Crippen molar-refractivity contribution >= 4 is 22.9 Å². The summed E-state index contributed by atoms with van der Waals surface area (Å²) in [7, 11) is 0. The van der Waals surface area contributed by atoms with E-state index in [1.165, 1.54) is 6.42 Å². The van der Waals surface area contributed by atoms with Gasteiger partial charge in [0.25, 0.3) is 0 Å². The molecule has 3 atom stereocenters. The third kappa shape index (κ3) is 2.00. The molecule has 0 radical (unpaired) electrons. The maximum atomic E-state index is 5.81. The van der Waals surface area contributed by atoms with E-state index in [2.05, 4.69) is 10.3 Å². The summed E-state index contributed by atoms with van der Waals surface area (Å²) in [6.07, 6.45) is 7.65. The van der Waals surface area contributed by atoms with Gasteiger partial charge in [0.15, 0.2) is 0 Å². The number of nitrogens with zero attached hydrogens (tertiary/aromatic N) is 1. The first kappa shape index (κ1) is 10.9. The number of aromatic nitrogens is 1. The number of rotatable bonds is 3. The average Bonchev–Trinajstić information content (AvgIpc) is 2.91. The topological polar surface area (TPSA) is 60.2 Å². The lowest BCUT2D eigenvalue weighted by atomic mass is 9.95. The average molecular weight is 249 g/mol. The lowest BCUT2D eigenvalue weighted by Gasteiger charge is -2.22. The van der Waals surface area contributed by atoms with Gasteiger partial charge in [-0.2, -0.15) is 0 Å². The zero-order valence-electron chi connectivity index (χ0n) is 9.43. The second-order valence-electron chi connectivity index (χ2n) is 4.65. The van der Waals surface area contributed by atoms with Crippen LogP contribution in [0.5, 0.6) is 0 Å². The second kappa shape index (κ2) is 4.23. The first-order valence-corrected chi connectivity index (χ1v) is 6.30. The molecule has 2 saturated heterocycles. The monoisotopic (exact) mass is 249 g/mol. The summed E-state index contributed by atoms with van der Waals surface area (Å²) in [6.45, 7) is 0. The summed E-state index contributed by atoms with van der Waals surface area (Å²) in [6, 6.07) is 2.21. The molecule has 90 valence electrons. The number of nitrogens with one attached hydrogen (secondary N) is 1. The van der Waals surface area contributed by atoms with E-state index in [4.69, 9.17) is 22.7 Å². The molecule has 4 nitrogen and oxygen atoms in total. The van der Waals surface area contributed by atoms with E-state index in [9.17, 15) is 0 Å². The molecule has 3 rings (SSSR count). The largest absolute Gasteiger partial charge is 0.389 e. The number of hydrogen-bond donors (Lipinski definition) is 2. The van der Waals surface area contributed by atoms with Crippen LogP contribution in [0.25, 0.3) is 0 Å². The highest BCUT2D eigenvalue weighted by molar-refractivity contribution is 7.80. The van der Waals surface area contributed by atoms with Crippen LogP contribution in [-0.2, 0) is 4.74 Å². The Kier molecular flexibility index (Phi) is 2.72. The maximum Gasteiger partial charge on any atom is 0.106 e. The highest BCUT2D eigenvalue weighted by Crippen LogP contribution is 2.36. The molecule has 2 aliphatic heterocycles. The SMILES string of the molecule is NC(=S)c1ccncc1NC1CC2CCC1O2. The molecule has 5 heteroatoms. The Morgan fingerprint density at radius 3 is 3.06 bits per heavy atom. The van der Waals surface area contributed by atoms with E-state index in [1.807, 2.05) is 6.07 Å². The van der Waals surface area contributed by atoms with Crippen molar-refractivity contribution in [2.24, 2.45) is 5.73 Å². The van der Waals surface area contributed by atoms with Crippen LogP contribution in [0.15, 0.2) is 18.5 Å². The van der Waals surface area contributed by atoms with Gasteiger partial charge in [0.2, 0.25) is 0 Å². The Balaban J connectivity index is 1.79. The Morgan fingerprint density at radius 1 is 1.53 bits per heavy atom. The minimum atomic E-state index is 0.333. The van der Waals surface area contributed by atoms with Gasteiger partial charge in [-0.05, 0) is 25.3 Å². The van der Waals surface area contributed by atoms with Gasteiger partial charge in [0, 0.05) is 11.8 Å². The van der Waals surface area contributed by atoms with Crippen LogP contribution in [-0.4, -0.2) is 28.2 Å². The van der Waals surface area contributed by atoms with E-state index in [1.54, 1.807) is 12.4 Å². The van der Waals surface area contributed by atoms with Crippen molar-refractivity contribution in [3.8, 4) is 0 Å². The van der Waals surface area contributed by atoms with E-state index >= 15 is 0 Å². The zero-order valence-corrected chi connectivity index (χ0v) is 10.2. The first-order chi connectivity index (χ1) is 8.24. The Labute approximate surface area is 106 Å². The van der Waals surface area contributed by atoms with Crippen molar-refractivity contribution in [3.63, 3.8) is 0 Å². The van der Waals surface area contributed by atoms with Gasteiger partial charge in [0.05, 0.1) is 30.1 Å². The highest BCUT2D eigenvalue weighted by Gasteiger charge is 2.40. The van der Waals surface area contributed by atoms with E-state index in [-0.39, 0.29) is 0 Å². The fourth-order valence-electron chi connectivity index (χ4n) is 2.71. The van der Waals surface area contributed by atoms with Crippen LogP contribution < -0.4 is 11.1 Å².